The van der Waals surface area contributed by atoms with Crippen LogP contribution in [0.1, 0.15) is 46.5 Å². The van der Waals surface area contributed by atoms with Crippen molar-refractivity contribution in [3.63, 3.8) is 0 Å². The molecule has 0 unspecified atom stereocenters. The van der Waals surface area contributed by atoms with Crippen molar-refractivity contribution in [2.75, 3.05) is 0 Å². The van der Waals surface area contributed by atoms with Crippen LogP contribution in [0, 0.1) is 0 Å². The Morgan fingerprint density at radius 1 is 1.00 bits per heavy atom. The summed E-state index contributed by atoms with van der Waals surface area (Å²) in [5.74, 6) is -0.854. The van der Waals surface area contributed by atoms with E-state index in [1.54, 1.807) is 0 Å². The zero-order valence-electron chi connectivity index (χ0n) is 16.7. The summed E-state index contributed by atoms with van der Waals surface area (Å²) >= 11 is 1.38. The van der Waals surface area contributed by atoms with Crippen molar-refractivity contribution in [1.82, 2.24) is 4.57 Å². The number of aromatic nitrogens is 1. The second-order valence-electron chi connectivity index (χ2n) is 7.77. The van der Waals surface area contributed by atoms with Gasteiger partial charge in [0.25, 0.3) is 0 Å². The Labute approximate surface area is 179 Å². The van der Waals surface area contributed by atoms with Crippen molar-refractivity contribution in [2.45, 2.75) is 32.2 Å². The molecule has 5 rings (SSSR count). The quantitative estimate of drug-likeness (QED) is 0.380. The molecule has 2 heterocycles. The van der Waals surface area contributed by atoms with Gasteiger partial charge in [0.2, 0.25) is 0 Å². The lowest BCUT2D eigenvalue weighted by atomic mass is 9.90. The Morgan fingerprint density at radius 3 is 2.40 bits per heavy atom. The summed E-state index contributed by atoms with van der Waals surface area (Å²) in [5.41, 5.74) is 6.16. The Morgan fingerprint density at radius 2 is 1.73 bits per heavy atom. The van der Waals surface area contributed by atoms with E-state index in [1.165, 1.54) is 52.1 Å². The maximum Gasteiger partial charge on any atom is 0.345 e. The summed E-state index contributed by atoms with van der Waals surface area (Å²) in [6.07, 6.45) is 6.90. The first-order chi connectivity index (χ1) is 14.7. The summed E-state index contributed by atoms with van der Waals surface area (Å²) in [6.45, 7) is 0.717. The molecule has 4 heteroatoms. The Kier molecular flexibility index (Phi) is 5.01. The molecule has 0 spiro atoms. The van der Waals surface area contributed by atoms with E-state index in [4.69, 9.17) is 0 Å². The van der Waals surface area contributed by atoms with Gasteiger partial charge < -0.3 is 9.67 Å². The van der Waals surface area contributed by atoms with Crippen molar-refractivity contribution >= 4 is 33.1 Å². The molecule has 0 amide bonds. The van der Waals surface area contributed by atoms with E-state index in [0.29, 0.717) is 11.4 Å². The molecule has 3 nitrogen and oxygen atoms in total. The highest BCUT2D eigenvalue weighted by Crippen LogP contribution is 2.44. The normalized spacial score (nSPS) is 14.1. The van der Waals surface area contributed by atoms with Crippen LogP contribution in [-0.4, -0.2) is 15.6 Å². The van der Waals surface area contributed by atoms with Crippen molar-refractivity contribution in [2.24, 2.45) is 0 Å². The van der Waals surface area contributed by atoms with Crippen LogP contribution in [-0.2, 0) is 6.54 Å². The van der Waals surface area contributed by atoms with E-state index in [0.717, 1.165) is 23.1 Å². The number of rotatable bonds is 5. The van der Waals surface area contributed by atoms with Crippen molar-refractivity contribution in [3.05, 3.63) is 88.8 Å². The number of carboxylic acids is 1. The topological polar surface area (TPSA) is 42.2 Å². The Balaban J connectivity index is 1.82. The van der Waals surface area contributed by atoms with E-state index in [2.05, 4.69) is 59.2 Å². The minimum absolute atomic E-state index is 0.402. The number of hydrogen-bond acceptors (Lipinski definition) is 2. The minimum Gasteiger partial charge on any atom is -0.477 e. The molecule has 0 bridgehead atoms. The molecule has 0 aliphatic heterocycles. The highest BCUT2D eigenvalue weighted by atomic mass is 32.1. The molecular weight excluding hydrogens is 390 g/mol. The van der Waals surface area contributed by atoms with Gasteiger partial charge >= 0.3 is 5.97 Å². The molecule has 2 aromatic heterocycles. The summed E-state index contributed by atoms with van der Waals surface area (Å²) in [5, 5.41) is 10.7. The summed E-state index contributed by atoms with van der Waals surface area (Å²) in [4.78, 5) is 13.2. The van der Waals surface area contributed by atoms with Crippen LogP contribution in [0.4, 0.5) is 0 Å². The maximum absolute atomic E-state index is 11.8. The molecular formula is C26H23NO2S. The molecule has 0 atom stereocenters. The molecule has 150 valence electrons. The molecule has 0 radical (unpaired) electrons. The first-order valence-corrected chi connectivity index (χ1v) is 11.2. The summed E-state index contributed by atoms with van der Waals surface area (Å²) in [7, 11) is 0. The lowest BCUT2D eigenvalue weighted by Gasteiger charge is -2.17. The number of aromatic carboxylic acids is 1. The number of nitrogens with zero attached hydrogens (tertiary/aromatic N) is 1. The predicted molar refractivity (Wildman–Crippen MR) is 124 cm³/mol. The van der Waals surface area contributed by atoms with Gasteiger partial charge in [0.15, 0.2) is 0 Å². The fourth-order valence-corrected chi connectivity index (χ4v) is 5.44. The van der Waals surface area contributed by atoms with Crippen molar-refractivity contribution < 1.29 is 9.90 Å². The number of benzene rings is 2. The van der Waals surface area contributed by atoms with Crippen LogP contribution in [0.5, 0.6) is 0 Å². The van der Waals surface area contributed by atoms with E-state index in [1.807, 2.05) is 18.2 Å². The fourth-order valence-electron chi connectivity index (χ4n) is 4.43. The van der Waals surface area contributed by atoms with Gasteiger partial charge in [-0.15, -0.1) is 11.3 Å². The number of carboxylic acid groups (broad SMARTS) is 1. The third-order valence-electron chi connectivity index (χ3n) is 5.79. The zero-order valence-corrected chi connectivity index (χ0v) is 17.5. The predicted octanol–water partition coefficient (Wildman–Crippen LogP) is 7.07. The van der Waals surface area contributed by atoms with Crippen LogP contribution in [0.3, 0.4) is 0 Å². The van der Waals surface area contributed by atoms with Crippen molar-refractivity contribution in [3.8, 4) is 11.3 Å². The average Bonchev–Trinajstić information content (AvgIpc) is 3.34. The van der Waals surface area contributed by atoms with Gasteiger partial charge in [0.1, 0.15) is 9.71 Å². The second-order valence-corrected chi connectivity index (χ2v) is 8.80. The zero-order chi connectivity index (χ0) is 20.5. The van der Waals surface area contributed by atoms with Gasteiger partial charge in [-0.05, 0) is 48.4 Å². The molecule has 30 heavy (non-hydrogen) atoms. The van der Waals surface area contributed by atoms with Crippen LogP contribution in [0.25, 0.3) is 27.0 Å². The van der Waals surface area contributed by atoms with E-state index >= 15 is 0 Å². The molecule has 0 saturated carbocycles. The highest BCUT2D eigenvalue weighted by molar-refractivity contribution is 7.20. The third kappa shape index (κ3) is 3.37. The first-order valence-electron chi connectivity index (χ1n) is 10.4. The van der Waals surface area contributed by atoms with Gasteiger partial charge in [-0.1, -0.05) is 66.7 Å². The van der Waals surface area contributed by atoms with Gasteiger partial charge in [0.05, 0.1) is 5.69 Å². The van der Waals surface area contributed by atoms with Gasteiger partial charge in [0, 0.05) is 17.5 Å². The van der Waals surface area contributed by atoms with Crippen LogP contribution >= 0.6 is 11.3 Å². The molecule has 0 fully saturated rings. The van der Waals surface area contributed by atoms with Gasteiger partial charge in [-0.2, -0.15) is 0 Å². The summed E-state index contributed by atoms with van der Waals surface area (Å²) in [6, 6.07) is 22.8. The average molecular weight is 414 g/mol. The number of allylic oxidation sites excluding steroid dienone is 2. The van der Waals surface area contributed by atoms with E-state index < -0.39 is 5.97 Å². The summed E-state index contributed by atoms with van der Waals surface area (Å²) < 4.78 is 2.32. The molecule has 2 aromatic carbocycles. The highest BCUT2D eigenvalue weighted by Gasteiger charge is 2.25. The molecule has 4 aromatic rings. The SMILES string of the molecule is O=C(O)c1cc2c(C3=CCCCC3)c(-c3ccccc3)n(Cc3ccccc3)c2s1. The minimum atomic E-state index is -0.854. The maximum atomic E-state index is 11.8. The van der Waals surface area contributed by atoms with Gasteiger partial charge in [-0.3, -0.25) is 0 Å². The lowest BCUT2D eigenvalue weighted by Crippen LogP contribution is -2.03. The number of fused-ring (bicyclic) bond motifs is 1. The van der Waals surface area contributed by atoms with Crippen LogP contribution in [0.2, 0.25) is 0 Å². The lowest BCUT2D eigenvalue weighted by molar-refractivity contribution is 0.0702. The Hall–Kier alpha value is -3.11. The number of carbonyl (C=O) groups is 1. The fraction of sp³-hybridized carbons (Fsp3) is 0.192. The smallest absolute Gasteiger partial charge is 0.345 e. The molecule has 0 saturated heterocycles. The van der Waals surface area contributed by atoms with Crippen LogP contribution < -0.4 is 0 Å². The van der Waals surface area contributed by atoms with Crippen LogP contribution in [0.15, 0.2) is 72.8 Å². The molecule has 1 aliphatic rings. The van der Waals surface area contributed by atoms with E-state index in [-0.39, 0.29) is 0 Å². The largest absolute Gasteiger partial charge is 0.477 e. The standard InChI is InChI=1S/C26H23NO2S/c28-26(29)22-16-21-23(19-12-6-2-7-13-19)24(20-14-8-3-9-15-20)27(25(21)30-22)17-18-10-4-1-5-11-18/h1,3-5,8-12,14-16H,2,6-7,13,17H2,(H,28,29). The van der Waals surface area contributed by atoms with Crippen molar-refractivity contribution in [1.29, 1.82) is 0 Å². The van der Waals surface area contributed by atoms with Gasteiger partial charge in [-0.25, -0.2) is 4.79 Å². The molecule has 1 aliphatic carbocycles. The third-order valence-corrected chi connectivity index (χ3v) is 6.93. The molecule has 1 N–H and O–H groups in total. The number of thiophene rings is 1. The second kappa shape index (κ2) is 7.96. The number of hydrogen-bond donors (Lipinski definition) is 1. The Bertz CT molecular complexity index is 1230. The van der Waals surface area contributed by atoms with E-state index in [9.17, 15) is 9.90 Å². The first kappa shape index (κ1) is 18.9. The monoisotopic (exact) mass is 413 g/mol.